The van der Waals surface area contributed by atoms with Crippen LogP contribution in [0.1, 0.15) is 42.5 Å². The first-order valence-electron chi connectivity index (χ1n) is 7.18. The number of hydrogen-bond acceptors (Lipinski definition) is 1. The van der Waals surface area contributed by atoms with Gasteiger partial charge in [-0.2, -0.15) is 0 Å². The van der Waals surface area contributed by atoms with Crippen LogP contribution < -0.4 is 5.73 Å². The van der Waals surface area contributed by atoms with Gasteiger partial charge in [-0.3, -0.25) is 0 Å². The standard InChI is InChI=1S/C18H23N/c1-2-15-11-13-17(14-12-15)18(19)10-6-9-16-7-4-3-5-8-16/h3-5,7-8,11-14,18H,2,6,9-10,19H2,1H3. The van der Waals surface area contributed by atoms with E-state index in [4.69, 9.17) is 5.73 Å². The molecule has 0 fully saturated rings. The molecule has 2 aromatic carbocycles. The molecule has 2 rings (SSSR count). The summed E-state index contributed by atoms with van der Waals surface area (Å²) < 4.78 is 0. The summed E-state index contributed by atoms with van der Waals surface area (Å²) in [6.45, 7) is 2.18. The van der Waals surface area contributed by atoms with Crippen LogP contribution in [0.4, 0.5) is 0 Å². The van der Waals surface area contributed by atoms with Crippen LogP contribution in [0.2, 0.25) is 0 Å². The Morgan fingerprint density at radius 1 is 0.895 bits per heavy atom. The summed E-state index contributed by atoms with van der Waals surface area (Å²) >= 11 is 0. The van der Waals surface area contributed by atoms with Crippen molar-refractivity contribution in [2.45, 2.75) is 38.6 Å². The van der Waals surface area contributed by atoms with Gasteiger partial charge < -0.3 is 5.73 Å². The van der Waals surface area contributed by atoms with Crippen molar-refractivity contribution in [3.05, 3.63) is 71.3 Å². The molecule has 0 aliphatic carbocycles. The SMILES string of the molecule is CCc1ccc(C(N)CCCc2ccccc2)cc1. The highest BCUT2D eigenvalue weighted by Gasteiger charge is 2.05. The summed E-state index contributed by atoms with van der Waals surface area (Å²) in [5.41, 5.74) is 10.3. The zero-order valence-electron chi connectivity index (χ0n) is 11.7. The highest BCUT2D eigenvalue weighted by molar-refractivity contribution is 5.24. The number of rotatable bonds is 6. The van der Waals surface area contributed by atoms with E-state index in [0.717, 1.165) is 25.7 Å². The van der Waals surface area contributed by atoms with Gasteiger partial charge in [-0.05, 0) is 42.4 Å². The Bertz CT molecular complexity index is 473. The Balaban J connectivity index is 1.82. The van der Waals surface area contributed by atoms with Crippen molar-refractivity contribution in [3.63, 3.8) is 0 Å². The minimum Gasteiger partial charge on any atom is -0.324 e. The molecule has 0 amide bonds. The van der Waals surface area contributed by atoms with E-state index in [2.05, 4.69) is 61.5 Å². The van der Waals surface area contributed by atoms with Gasteiger partial charge >= 0.3 is 0 Å². The first kappa shape index (κ1) is 13.8. The average Bonchev–Trinajstić information content (AvgIpc) is 2.48. The quantitative estimate of drug-likeness (QED) is 0.817. The lowest BCUT2D eigenvalue weighted by Crippen LogP contribution is -2.10. The summed E-state index contributed by atoms with van der Waals surface area (Å²) in [4.78, 5) is 0. The van der Waals surface area contributed by atoms with Crippen LogP contribution in [-0.2, 0) is 12.8 Å². The molecule has 0 aliphatic rings. The maximum Gasteiger partial charge on any atom is 0.0294 e. The van der Waals surface area contributed by atoms with E-state index < -0.39 is 0 Å². The minimum atomic E-state index is 0.162. The Kier molecular flexibility index (Phi) is 5.17. The molecule has 1 heteroatoms. The third-order valence-corrected chi connectivity index (χ3v) is 3.64. The smallest absolute Gasteiger partial charge is 0.0294 e. The van der Waals surface area contributed by atoms with E-state index in [1.807, 2.05) is 0 Å². The Labute approximate surface area is 116 Å². The van der Waals surface area contributed by atoms with E-state index in [0.29, 0.717) is 0 Å². The van der Waals surface area contributed by atoms with Gasteiger partial charge in [0, 0.05) is 6.04 Å². The van der Waals surface area contributed by atoms with Crippen molar-refractivity contribution in [3.8, 4) is 0 Å². The highest BCUT2D eigenvalue weighted by atomic mass is 14.6. The van der Waals surface area contributed by atoms with Crippen LogP contribution in [0.15, 0.2) is 54.6 Å². The lowest BCUT2D eigenvalue weighted by atomic mass is 9.98. The van der Waals surface area contributed by atoms with E-state index in [1.54, 1.807) is 0 Å². The van der Waals surface area contributed by atoms with Crippen molar-refractivity contribution < 1.29 is 0 Å². The molecule has 0 saturated carbocycles. The second-order valence-electron chi connectivity index (χ2n) is 5.08. The normalized spacial score (nSPS) is 12.3. The monoisotopic (exact) mass is 253 g/mol. The maximum absolute atomic E-state index is 6.25. The molecule has 2 aromatic rings. The predicted octanol–water partition coefficient (Wildman–Crippen LogP) is 4.27. The van der Waals surface area contributed by atoms with Gasteiger partial charge in [-0.25, -0.2) is 0 Å². The van der Waals surface area contributed by atoms with Crippen LogP contribution in [0, 0.1) is 0 Å². The predicted molar refractivity (Wildman–Crippen MR) is 82.1 cm³/mol. The Morgan fingerprint density at radius 2 is 1.58 bits per heavy atom. The van der Waals surface area contributed by atoms with Crippen molar-refractivity contribution in [2.75, 3.05) is 0 Å². The van der Waals surface area contributed by atoms with Crippen molar-refractivity contribution in [2.24, 2.45) is 5.73 Å². The second-order valence-corrected chi connectivity index (χ2v) is 5.08. The molecule has 0 aromatic heterocycles. The first-order valence-corrected chi connectivity index (χ1v) is 7.18. The topological polar surface area (TPSA) is 26.0 Å². The molecule has 2 N–H and O–H groups in total. The molecule has 1 unspecified atom stereocenters. The Morgan fingerprint density at radius 3 is 2.21 bits per heavy atom. The number of nitrogens with two attached hydrogens (primary N) is 1. The van der Waals surface area contributed by atoms with Crippen molar-refractivity contribution in [1.29, 1.82) is 0 Å². The Hall–Kier alpha value is -1.60. The molecule has 0 aliphatic heterocycles. The second kappa shape index (κ2) is 7.10. The van der Waals surface area contributed by atoms with Gasteiger partial charge in [-0.1, -0.05) is 61.5 Å². The number of aryl methyl sites for hydroxylation is 2. The maximum atomic E-state index is 6.25. The zero-order chi connectivity index (χ0) is 13.5. The van der Waals surface area contributed by atoms with E-state index in [-0.39, 0.29) is 6.04 Å². The lowest BCUT2D eigenvalue weighted by molar-refractivity contribution is 0.611. The van der Waals surface area contributed by atoms with Crippen molar-refractivity contribution >= 4 is 0 Å². The summed E-state index contributed by atoms with van der Waals surface area (Å²) in [6.07, 6.45) is 4.38. The third-order valence-electron chi connectivity index (χ3n) is 3.64. The van der Waals surface area contributed by atoms with Crippen LogP contribution >= 0.6 is 0 Å². The molecule has 1 nitrogen and oxygen atoms in total. The molecule has 0 saturated heterocycles. The summed E-state index contributed by atoms with van der Waals surface area (Å²) in [7, 11) is 0. The highest BCUT2D eigenvalue weighted by Crippen LogP contribution is 2.18. The lowest BCUT2D eigenvalue weighted by Gasteiger charge is -2.12. The molecular weight excluding hydrogens is 230 g/mol. The third kappa shape index (κ3) is 4.22. The average molecular weight is 253 g/mol. The summed E-state index contributed by atoms with van der Waals surface area (Å²) in [6, 6.07) is 19.5. The molecule has 0 spiro atoms. The fourth-order valence-corrected chi connectivity index (χ4v) is 2.34. The van der Waals surface area contributed by atoms with Gasteiger partial charge in [0.15, 0.2) is 0 Å². The molecular formula is C18H23N. The van der Waals surface area contributed by atoms with Gasteiger partial charge in [-0.15, -0.1) is 0 Å². The minimum absolute atomic E-state index is 0.162. The largest absolute Gasteiger partial charge is 0.324 e. The van der Waals surface area contributed by atoms with E-state index >= 15 is 0 Å². The molecule has 1 atom stereocenters. The van der Waals surface area contributed by atoms with Gasteiger partial charge in [0.2, 0.25) is 0 Å². The van der Waals surface area contributed by atoms with E-state index in [1.165, 1.54) is 16.7 Å². The fraction of sp³-hybridized carbons (Fsp3) is 0.333. The van der Waals surface area contributed by atoms with Crippen LogP contribution in [-0.4, -0.2) is 0 Å². The first-order chi connectivity index (χ1) is 9.29. The number of benzene rings is 2. The summed E-state index contributed by atoms with van der Waals surface area (Å²) in [5.74, 6) is 0. The van der Waals surface area contributed by atoms with Gasteiger partial charge in [0.1, 0.15) is 0 Å². The van der Waals surface area contributed by atoms with Gasteiger partial charge in [0.25, 0.3) is 0 Å². The molecule has 0 heterocycles. The summed E-state index contributed by atoms with van der Waals surface area (Å²) in [5, 5.41) is 0. The molecule has 100 valence electrons. The van der Waals surface area contributed by atoms with Gasteiger partial charge in [0.05, 0.1) is 0 Å². The van der Waals surface area contributed by atoms with Crippen LogP contribution in [0.3, 0.4) is 0 Å². The van der Waals surface area contributed by atoms with Crippen molar-refractivity contribution in [1.82, 2.24) is 0 Å². The van der Waals surface area contributed by atoms with Crippen LogP contribution in [0.5, 0.6) is 0 Å². The fourth-order valence-electron chi connectivity index (χ4n) is 2.34. The van der Waals surface area contributed by atoms with Crippen LogP contribution in [0.25, 0.3) is 0 Å². The van der Waals surface area contributed by atoms with E-state index in [9.17, 15) is 0 Å². The molecule has 0 bridgehead atoms. The number of hydrogen-bond donors (Lipinski definition) is 1. The molecule has 0 radical (unpaired) electrons. The molecule has 19 heavy (non-hydrogen) atoms. The zero-order valence-corrected chi connectivity index (χ0v) is 11.7.